The van der Waals surface area contributed by atoms with E-state index in [1.54, 1.807) is 30.3 Å². The van der Waals surface area contributed by atoms with Crippen LogP contribution in [-0.2, 0) is 26.2 Å². The van der Waals surface area contributed by atoms with Crippen LogP contribution < -0.4 is 9.62 Å². The van der Waals surface area contributed by atoms with Gasteiger partial charge in [0.05, 0.1) is 10.6 Å². The van der Waals surface area contributed by atoms with Crippen LogP contribution in [0.25, 0.3) is 0 Å². The molecule has 3 rings (SSSR count). The summed E-state index contributed by atoms with van der Waals surface area (Å²) in [4.78, 5) is 28.2. The van der Waals surface area contributed by atoms with E-state index in [1.165, 1.54) is 17.0 Å². The summed E-state index contributed by atoms with van der Waals surface area (Å²) in [7, 11) is -4.23. The number of carbonyl (C=O) groups is 2. The molecule has 0 aliphatic heterocycles. The summed E-state index contributed by atoms with van der Waals surface area (Å²) in [6.07, 6.45) is 1.09. The standard InChI is InChI=1S/C29H34FN3O4S/c1-4-19-31-29(35)27(5-2)32(20-23-13-11-22(3)12-14-23)28(34)21-33(25-9-7-6-8-10-25)38(36,37)26-17-15-24(30)16-18-26/h6-18,27H,4-5,19-21H2,1-3H3,(H,31,35). The number of amides is 2. The van der Waals surface area contributed by atoms with Crippen LogP contribution in [0.1, 0.15) is 37.8 Å². The predicted octanol–water partition coefficient (Wildman–Crippen LogP) is 4.66. The van der Waals surface area contributed by atoms with E-state index < -0.39 is 34.3 Å². The molecule has 0 aliphatic rings. The normalized spacial score (nSPS) is 12.0. The Labute approximate surface area is 224 Å². The van der Waals surface area contributed by atoms with Crippen molar-refractivity contribution in [1.29, 1.82) is 0 Å². The van der Waals surface area contributed by atoms with Gasteiger partial charge in [-0.05, 0) is 61.7 Å². The zero-order valence-electron chi connectivity index (χ0n) is 21.9. The Hall–Kier alpha value is -3.72. The molecule has 0 aromatic heterocycles. The summed E-state index contributed by atoms with van der Waals surface area (Å²) in [6, 6.07) is 19.5. The average Bonchev–Trinajstić information content (AvgIpc) is 2.92. The smallest absolute Gasteiger partial charge is 0.264 e. The summed E-state index contributed by atoms with van der Waals surface area (Å²) in [5.41, 5.74) is 2.15. The largest absolute Gasteiger partial charge is 0.354 e. The highest BCUT2D eigenvalue weighted by Gasteiger charge is 2.33. The maximum atomic E-state index is 13.9. The quantitative estimate of drug-likeness (QED) is 0.363. The summed E-state index contributed by atoms with van der Waals surface area (Å²) in [5.74, 6) is -1.39. The number of sulfonamides is 1. The van der Waals surface area contributed by atoms with Gasteiger partial charge in [0.25, 0.3) is 10.0 Å². The number of aryl methyl sites for hydroxylation is 1. The Balaban J connectivity index is 2.01. The summed E-state index contributed by atoms with van der Waals surface area (Å²) >= 11 is 0. The third-order valence-corrected chi connectivity index (χ3v) is 7.92. The molecule has 0 saturated heterocycles. The van der Waals surface area contributed by atoms with E-state index in [0.717, 1.165) is 34.0 Å². The van der Waals surface area contributed by atoms with Crippen LogP contribution in [0.5, 0.6) is 0 Å². The lowest BCUT2D eigenvalue weighted by Crippen LogP contribution is -2.52. The fourth-order valence-electron chi connectivity index (χ4n) is 4.03. The van der Waals surface area contributed by atoms with Crippen LogP contribution in [0, 0.1) is 12.7 Å². The monoisotopic (exact) mass is 539 g/mol. The lowest BCUT2D eigenvalue weighted by atomic mass is 10.1. The highest BCUT2D eigenvalue weighted by Crippen LogP contribution is 2.25. The number of hydrogen-bond acceptors (Lipinski definition) is 4. The van der Waals surface area contributed by atoms with Gasteiger partial charge in [0.1, 0.15) is 18.4 Å². The molecule has 7 nitrogen and oxygen atoms in total. The van der Waals surface area contributed by atoms with Gasteiger partial charge in [0.15, 0.2) is 0 Å². The van der Waals surface area contributed by atoms with E-state index in [4.69, 9.17) is 0 Å². The fourth-order valence-corrected chi connectivity index (χ4v) is 5.45. The summed E-state index contributed by atoms with van der Waals surface area (Å²) in [5, 5.41) is 2.86. The fraction of sp³-hybridized carbons (Fsp3) is 0.310. The van der Waals surface area contributed by atoms with E-state index in [2.05, 4.69) is 5.32 Å². The lowest BCUT2D eigenvalue weighted by Gasteiger charge is -2.33. The van der Waals surface area contributed by atoms with E-state index >= 15 is 0 Å². The van der Waals surface area contributed by atoms with Crippen molar-refractivity contribution >= 4 is 27.5 Å². The number of hydrogen-bond donors (Lipinski definition) is 1. The molecule has 9 heteroatoms. The van der Waals surface area contributed by atoms with Crippen LogP contribution in [0.2, 0.25) is 0 Å². The van der Waals surface area contributed by atoms with Crippen LogP contribution in [0.4, 0.5) is 10.1 Å². The average molecular weight is 540 g/mol. The number of carbonyl (C=O) groups excluding carboxylic acids is 2. The van der Waals surface area contributed by atoms with Crippen molar-refractivity contribution in [3.63, 3.8) is 0 Å². The highest BCUT2D eigenvalue weighted by atomic mass is 32.2. The second-order valence-corrected chi connectivity index (χ2v) is 10.9. The number of halogens is 1. The van der Waals surface area contributed by atoms with Crippen LogP contribution in [0.15, 0.2) is 83.8 Å². The Morgan fingerprint density at radius 3 is 2.13 bits per heavy atom. The number of anilines is 1. The van der Waals surface area contributed by atoms with Crippen molar-refractivity contribution in [2.24, 2.45) is 0 Å². The molecule has 202 valence electrons. The van der Waals surface area contributed by atoms with Gasteiger partial charge < -0.3 is 10.2 Å². The van der Waals surface area contributed by atoms with Gasteiger partial charge in [0, 0.05) is 13.1 Å². The molecule has 3 aromatic carbocycles. The van der Waals surface area contributed by atoms with Gasteiger partial charge in [-0.2, -0.15) is 0 Å². The first-order valence-electron chi connectivity index (χ1n) is 12.6. The zero-order chi connectivity index (χ0) is 27.7. The Kier molecular flexibility index (Phi) is 10.0. The molecule has 3 aromatic rings. The number of benzene rings is 3. The van der Waals surface area contributed by atoms with E-state index in [1.807, 2.05) is 45.0 Å². The number of nitrogens with one attached hydrogen (secondary N) is 1. The van der Waals surface area contributed by atoms with Crippen molar-refractivity contribution in [2.75, 3.05) is 17.4 Å². The molecule has 0 radical (unpaired) electrons. The third-order valence-electron chi connectivity index (χ3n) is 6.13. The van der Waals surface area contributed by atoms with Crippen molar-refractivity contribution < 1.29 is 22.4 Å². The minimum Gasteiger partial charge on any atom is -0.354 e. The molecule has 1 N–H and O–H groups in total. The topological polar surface area (TPSA) is 86.8 Å². The second-order valence-electron chi connectivity index (χ2n) is 9.02. The Bertz CT molecular complexity index is 1310. The Morgan fingerprint density at radius 1 is 0.921 bits per heavy atom. The number of rotatable bonds is 12. The molecule has 0 saturated carbocycles. The molecule has 0 fully saturated rings. The molecule has 0 spiro atoms. The number of para-hydroxylation sites is 1. The molecule has 1 unspecified atom stereocenters. The van der Waals surface area contributed by atoms with E-state index in [-0.39, 0.29) is 23.0 Å². The van der Waals surface area contributed by atoms with Crippen LogP contribution >= 0.6 is 0 Å². The Morgan fingerprint density at radius 2 is 1.55 bits per heavy atom. The molecule has 0 bridgehead atoms. The first kappa shape index (κ1) is 28.8. The van der Waals surface area contributed by atoms with Crippen molar-refractivity contribution in [3.05, 3.63) is 95.8 Å². The first-order valence-corrected chi connectivity index (χ1v) is 14.1. The third kappa shape index (κ3) is 7.19. The van der Waals surface area contributed by atoms with Gasteiger partial charge in [-0.25, -0.2) is 12.8 Å². The van der Waals surface area contributed by atoms with Crippen LogP contribution in [0.3, 0.4) is 0 Å². The molecular weight excluding hydrogens is 505 g/mol. The van der Waals surface area contributed by atoms with Gasteiger partial charge >= 0.3 is 0 Å². The van der Waals surface area contributed by atoms with Crippen molar-refractivity contribution in [1.82, 2.24) is 10.2 Å². The van der Waals surface area contributed by atoms with Crippen molar-refractivity contribution in [3.8, 4) is 0 Å². The van der Waals surface area contributed by atoms with Gasteiger partial charge in [-0.15, -0.1) is 0 Å². The van der Waals surface area contributed by atoms with Gasteiger partial charge in [0.2, 0.25) is 11.8 Å². The minimum absolute atomic E-state index is 0.135. The van der Waals surface area contributed by atoms with Crippen LogP contribution in [-0.4, -0.2) is 44.3 Å². The molecule has 2 amide bonds. The second kappa shape index (κ2) is 13.2. The van der Waals surface area contributed by atoms with E-state index in [9.17, 15) is 22.4 Å². The molecule has 0 heterocycles. The maximum absolute atomic E-state index is 13.9. The zero-order valence-corrected chi connectivity index (χ0v) is 22.7. The predicted molar refractivity (Wildman–Crippen MR) is 146 cm³/mol. The number of nitrogens with zero attached hydrogens (tertiary/aromatic N) is 2. The van der Waals surface area contributed by atoms with Crippen molar-refractivity contribution in [2.45, 2.75) is 51.1 Å². The lowest BCUT2D eigenvalue weighted by molar-refractivity contribution is -0.140. The van der Waals surface area contributed by atoms with Gasteiger partial charge in [-0.1, -0.05) is 61.9 Å². The SMILES string of the molecule is CCCNC(=O)C(CC)N(Cc1ccc(C)cc1)C(=O)CN(c1ccccc1)S(=O)(=O)c1ccc(F)cc1. The maximum Gasteiger partial charge on any atom is 0.264 e. The first-order chi connectivity index (χ1) is 18.2. The summed E-state index contributed by atoms with van der Waals surface area (Å²) in [6.45, 7) is 5.78. The molecule has 1 atom stereocenters. The van der Waals surface area contributed by atoms with Gasteiger partial charge in [-0.3, -0.25) is 13.9 Å². The molecular formula is C29H34FN3O4S. The highest BCUT2D eigenvalue weighted by molar-refractivity contribution is 7.92. The molecule has 0 aliphatic carbocycles. The molecule has 38 heavy (non-hydrogen) atoms. The van der Waals surface area contributed by atoms with E-state index in [0.29, 0.717) is 13.0 Å². The summed E-state index contributed by atoms with van der Waals surface area (Å²) < 4.78 is 41.9. The minimum atomic E-state index is -4.23.